The highest BCUT2D eigenvalue weighted by Gasteiger charge is 2.32. The number of rotatable bonds is 2. The molecule has 1 N–H and O–H groups in total. The van der Waals surface area contributed by atoms with Crippen LogP contribution < -0.4 is 0 Å². The van der Waals surface area contributed by atoms with E-state index in [0.717, 1.165) is 29.7 Å². The van der Waals surface area contributed by atoms with E-state index in [1.807, 2.05) is 0 Å². The fourth-order valence-electron chi connectivity index (χ4n) is 2.25. The van der Waals surface area contributed by atoms with Gasteiger partial charge in [-0.3, -0.25) is 0 Å². The Balaban J connectivity index is 1.99. The van der Waals surface area contributed by atoms with Crippen LogP contribution in [0.2, 0.25) is 0 Å². The van der Waals surface area contributed by atoms with Gasteiger partial charge < -0.3 is 5.11 Å². The summed E-state index contributed by atoms with van der Waals surface area (Å²) in [6.45, 7) is 2.28. The van der Waals surface area contributed by atoms with E-state index >= 15 is 0 Å². The molecule has 1 saturated carbocycles. The van der Waals surface area contributed by atoms with Gasteiger partial charge in [-0.05, 0) is 53.6 Å². The van der Waals surface area contributed by atoms with Crippen LogP contribution in [0, 0.1) is 5.92 Å². The van der Waals surface area contributed by atoms with Crippen LogP contribution in [0.25, 0.3) is 0 Å². The molecule has 0 aliphatic heterocycles. The number of hydrogen-bond donors (Lipinski definition) is 1. The van der Waals surface area contributed by atoms with Gasteiger partial charge >= 0.3 is 0 Å². The largest absolute Gasteiger partial charge is 0.390 e. The molecule has 1 nitrogen and oxygen atoms in total. The average molecular weight is 289 g/mol. The van der Waals surface area contributed by atoms with E-state index < -0.39 is 5.60 Å². The Labute approximate surface area is 104 Å². The first-order valence-electron chi connectivity index (χ1n) is 5.53. The van der Waals surface area contributed by atoms with Crippen molar-refractivity contribution in [3.8, 4) is 0 Å². The van der Waals surface area contributed by atoms with Crippen LogP contribution in [0.1, 0.15) is 37.5 Å². The van der Waals surface area contributed by atoms with E-state index in [9.17, 15) is 5.11 Å². The summed E-state index contributed by atoms with van der Waals surface area (Å²) in [5.41, 5.74) is -0.434. The maximum absolute atomic E-state index is 10.4. The lowest BCUT2D eigenvalue weighted by atomic mass is 9.78. The minimum absolute atomic E-state index is 0.434. The zero-order valence-corrected chi connectivity index (χ0v) is 11.4. The Bertz CT molecular complexity index is 326. The minimum Gasteiger partial charge on any atom is -0.390 e. The molecule has 0 unspecified atom stereocenters. The van der Waals surface area contributed by atoms with Crippen LogP contribution in [0.3, 0.4) is 0 Å². The molecule has 0 atom stereocenters. The van der Waals surface area contributed by atoms with Gasteiger partial charge in [0.1, 0.15) is 0 Å². The van der Waals surface area contributed by atoms with Gasteiger partial charge in [-0.1, -0.05) is 6.92 Å². The Morgan fingerprint density at radius 1 is 1.53 bits per heavy atom. The first kappa shape index (κ1) is 11.6. The van der Waals surface area contributed by atoms with Crippen molar-refractivity contribution < 1.29 is 5.11 Å². The molecule has 1 aliphatic carbocycles. The molecule has 1 fully saturated rings. The second kappa shape index (κ2) is 4.56. The molecule has 1 aromatic heterocycles. The van der Waals surface area contributed by atoms with Gasteiger partial charge in [-0.2, -0.15) is 0 Å². The van der Waals surface area contributed by atoms with Gasteiger partial charge in [0.25, 0.3) is 0 Å². The fourth-order valence-corrected chi connectivity index (χ4v) is 3.83. The summed E-state index contributed by atoms with van der Waals surface area (Å²) in [5, 5.41) is 12.5. The zero-order valence-electron chi connectivity index (χ0n) is 9.00. The molecular formula is C12H17BrOS. The van der Waals surface area contributed by atoms with Crippen molar-refractivity contribution in [3.05, 3.63) is 20.8 Å². The molecule has 1 heterocycles. The van der Waals surface area contributed by atoms with Gasteiger partial charge in [0.2, 0.25) is 0 Å². The van der Waals surface area contributed by atoms with Crippen LogP contribution in [0.5, 0.6) is 0 Å². The van der Waals surface area contributed by atoms with Gasteiger partial charge in [0.15, 0.2) is 0 Å². The van der Waals surface area contributed by atoms with E-state index in [1.54, 1.807) is 11.3 Å². The quantitative estimate of drug-likeness (QED) is 0.872. The predicted octanol–water partition coefficient (Wildman–Crippen LogP) is 3.99. The van der Waals surface area contributed by atoms with Crippen LogP contribution in [0.15, 0.2) is 15.9 Å². The first-order valence-corrected chi connectivity index (χ1v) is 7.20. The average Bonchev–Trinajstić information content (AvgIpc) is 2.57. The Morgan fingerprint density at radius 2 is 2.20 bits per heavy atom. The summed E-state index contributed by atoms with van der Waals surface area (Å²) >= 11 is 5.19. The van der Waals surface area contributed by atoms with Gasteiger partial charge in [0.05, 0.1) is 5.60 Å². The van der Waals surface area contributed by atoms with Crippen molar-refractivity contribution in [1.82, 2.24) is 0 Å². The fraction of sp³-hybridized carbons (Fsp3) is 0.667. The predicted molar refractivity (Wildman–Crippen MR) is 68.3 cm³/mol. The van der Waals surface area contributed by atoms with E-state index in [0.29, 0.717) is 0 Å². The van der Waals surface area contributed by atoms with E-state index in [1.165, 1.54) is 17.7 Å². The van der Waals surface area contributed by atoms with Crippen molar-refractivity contribution in [2.75, 3.05) is 0 Å². The Hall–Kier alpha value is 0.140. The standard InChI is InChI=1S/C12H17BrOS/c1-9-2-4-12(14,5-3-9)7-11-6-10(13)8-15-11/h6,8-9,14H,2-5,7H2,1H3. The first-order chi connectivity index (χ1) is 7.07. The lowest BCUT2D eigenvalue weighted by Crippen LogP contribution is -2.35. The van der Waals surface area contributed by atoms with Crippen LogP contribution in [0.4, 0.5) is 0 Å². The topological polar surface area (TPSA) is 20.2 Å². The normalized spacial score (nSPS) is 31.8. The van der Waals surface area contributed by atoms with Crippen molar-refractivity contribution in [1.29, 1.82) is 0 Å². The summed E-state index contributed by atoms with van der Waals surface area (Å²) in [7, 11) is 0. The lowest BCUT2D eigenvalue weighted by Gasteiger charge is -2.34. The van der Waals surface area contributed by atoms with Gasteiger partial charge in [0, 0.05) is 21.2 Å². The summed E-state index contributed by atoms with van der Waals surface area (Å²) < 4.78 is 1.13. The van der Waals surface area contributed by atoms with E-state index in [4.69, 9.17) is 0 Å². The molecule has 3 heteroatoms. The summed E-state index contributed by atoms with van der Waals surface area (Å²) in [5.74, 6) is 0.792. The minimum atomic E-state index is -0.434. The molecule has 1 aromatic rings. The second-order valence-electron chi connectivity index (χ2n) is 4.81. The number of hydrogen-bond acceptors (Lipinski definition) is 2. The van der Waals surface area contributed by atoms with Crippen molar-refractivity contribution in [2.24, 2.45) is 5.92 Å². The monoisotopic (exact) mass is 288 g/mol. The molecular weight excluding hydrogens is 272 g/mol. The Kier molecular flexibility index (Phi) is 3.53. The molecule has 15 heavy (non-hydrogen) atoms. The highest BCUT2D eigenvalue weighted by molar-refractivity contribution is 9.10. The number of halogens is 1. The van der Waals surface area contributed by atoms with Gasteiger partial charge in [-0.15, -0.1) is 11.3 Å². The highest BCUT2D eigenvalue weighted by Crippen LogP contribution is 2.35. The molecule has 0 bridgehead atoms. The molecule has 1 aliphatic rings. The highest BCUT2D eigenvalue weighted by atomic mass is 79.9. The molecule has 0 radical (unpaired) electrons. The van der Waals surface area contributed by atoms with Crippen LogP contribution in [-0.4, -0.2) is 10.7 Å². The van der Waals surface area contributed by atoms with Crippen LogP contribution >= 0.6 is 27.3 Å². The third-order valence-electron chi connectivity index (χ3n) is 3.33. The Morgan fingerprint density at radius 3 is 2.73 bits per heavy atom. The van der Waals surface area contributed by atoms with Crippen molar-refractivity contribution in [2.45, 2.75) is 44.6 Å². The number of thiophene rings is 1. The summed E-state index contributed by atoms with van der Waals surface area (Å²) in [6, 6.07) is 2.13. The third-order valence-corrected chi connectivity index (χ3v) is 5.03. The van der Waals surface area contributed by atoms with Crippen molar-refractivity contribution in [3.63, 3.8) is 0 Å². The molecule has 0 saturated heterocycles. The zero-order chi connectivity index (χ0) is 10.9. The molecule has 0 aromatic carbocycles. The summed E-state index contributed by atoms with van der Waals surface area (Å²) in [4.78, 5) is 1.29. The molecule has 0 spiro atoms. The SMILES string of the molecule is CC1CCC(O)(Cc2cc(Br)cs2)CC1. The van der Waals surface area contributed by atoms with Gasteiger partial charge in [-0.25, -0.2) is 0 Å². The molecule has 2 rings (SSSR count). The van der Waals surface area contributed by atoms with E-state index in [-0.39, 0.29) is 0 Å². The van der Waals surface area contributed by atoms with Crippen LogP contribution in [-0.2, 0) is 6.42 Å². The summed E-state index contributed by atoms with van der Waals surface area (Å²) in [6.07, 6.45) is 5.09. The maximum Gasteiger partial charge on any atom is 0.0696 e. The van der Waals surface area contributed by atoms with Crippen molar-refractivity contribution >= 4 is 27.3 Å². The van der Waals surface area contributed by atoms with E-state index in [2.05, 4.69) is 34.3 Å². The molecule has 84 valence electrons. The third kappa shape index (κ3) is 3.05. The smallest absolute Gasteiger partial charge is 0.0696 e. The lowest BCUT2D eigenvalue weighted by molar-refractivity contribution is -0.00602. The maximum atomic E-state index is 10.4. The molecule has 0 amide bonds. The second-order valence-corrected chi connectivity index (χ2v) is 6.73. The number of aliphatic hydroxyl groups is 1.